The van der Waals surface area contributed by atoms with E-state index in [-0.39, 0.29) is 6.42 Å². The molecule has 0 unspecified atom stereocenters. The van der Waals surface area contributed by atoms with Crippen molar-refractivity contribution in [1.82, 2.24) is 10.2 Å². The third-order valence-electron chi connectivity index (χ3n) is 6.46. The minimum Gasteiger partial charge on any atom is -0.469 e. The zero-order valence-electron chi connectivity index (χ0n) is 20.1. The highest BCUT2D eigenvalue weighted by Gasteiger charge is 2.72. The maximum absolute atomic E-state index is 13.5. The SMILES string of the molecule is COC(=O)/C=C(\C(=O)OC)N1[C@@H](Cc2ccccc2)[C@H]2C(=O)NC(=O)[C@H]2[C@@]1(CC(=O)OC)C(=O)OC. The molecule has 12 nitrogen and oxygen atoms in total. The summed E-state index contributed by atoms with van der Waals surface area (Å²) in [6.07, 6.45) is 0.0686. The summed E-state index contributed by atoms with van der Waals surface area (Å²) in [6.45, 7) is 0. The molecule has 2 aliphatic rings. The van der Waals surface area contributed by atoms with Crippen LogP contribution in [0.3, 0.4) is 0 Å². The number of nitrogens with zero attached hydrogens (tertiary/aromatic N) is 1. The van der Waals surface area contributed by atoms with Crippen LogP contribution in [0.5, 0.6) is 0 Å². The Hall–Kier alpha value is -4.22. The fourth-order valence-corrected chi connectivity index (χ4v) is 5.05. The standard InChI is InChI=1S/C24H26N2O10/c1-33-16(27)11-15(22(31)35-3)26-14(10-13-8-6-5-7-9-13)18-19(21(30)25-20(18)29)24(26,23(32)36-4)12-17(28)34-2/h5-9,11,14,18-19H,10,12H2,1-4H3,(H,25,29,30)/b15-11+/t14-,18+,19-,24-/m0/s1. The Balaban J connectivity index is 2.38. The zero-order valence-corrected chi connectivity index (χ0v) is 20.1. The van der Waals surface area contributed by atoms with Gasteiger partial charge in [-0.15, -0.1) is 0 Å². The maximum Gasteiger partial charge on any atom is 0.354 e. The lowest BCUT2D eigenvalue weighted by atomic mass is 9.77. The van der Waals surface area contributed by atoms with Crippen LogP contribution in [0.1, 0.15) is 12.0 Å². The zero-order chi connectivity index (χ0) is 26.6. The lowest BCUT2D eigenvalue weighted by Gasteiger charge is -2.42. The largest absolute Gasteiger partial charge is 0.469 e. The van der Waals surface area contributed by atoms with Crippen molar-refractivity contribution in [2.75, 3.05) is 28.4 Å². The first kappa shape index (κ1) is 26.4. The number of amides is 2. The Kier molecular flexibility index (Phi) is 7.76. The summed E-state index contributed by atoms with van der Waals surface area (Å²) >= 11 is 0. The van der Waals surface area contributed by atoms with E-state index in [0.717, 1.165) is 39.4 Å². The Labute approximate surface area is 206 Å². The van der Waals surface area contributed by atoms with Gasteiger partial charge in [-0.3, -0.25) is 19.7 Å². The molecule has 2 heterocycles. The molecule has 0 bridgehead atoms. The fourth-order valence-electron chi connectivity index (χ4n) is 5.05. The van der Waals surface area contributed by atoms with E-state index in [9.17, 15) is 28.8 Å². The number of ether oxygens (including phenoxy) is 4. The normalized spacial score (nSPS) is 25.1. The average Bonchev–Trinajstić information content (AvgIpc) is 3.34. The third-order valence-corrected chi connectivity index (χ3v) is 6.46. The van der Waals surface area contributed by atoms with Crippen LogP contribution in [0.4, 0.5) is 0 Å². The highest BCUT2D eigenvalue weighted by atomic mass is 16.5. The van der Waals surface area contributed by atoms with Gasteiger partial charge in [-0.1, -0.05) is 30.3 Å². The number of carbonyl (C=O) groups excluding carboxylic acids is 6. The van der Waals surface area contributed by atoms with Crippen molar-refractivity contribution in [2.45, 2.75) is 24.4 Å². The Morgan fingerprint density at radius 2 is 1.61 bits per heavy atom. The van der Waals surface area contributed by atoms with Gasteiger partial charge >= 0.3 is 23.9 Å². The monoisotopic (exact) mass is 502 g/mol. The average molecular weight is 502 g/mol. The Morgan fingerprint density at radius 3 is 2.17 bits per heavy atom. The van der Waals surface area contributed by atoms with Crippen LogP contribution < -0.4 is 5.32 Å². The van der Waals surface area contributed by atoms with Crippen LogP contribution in [0.25, 0.3) is 0 Å². The smallest absolute Gasteiger partial charge is 0.354 e. The molecule has 0 saturated carbocycles. The minimum absolute atomic E-state index is 0.0537. The minimum atomic E-state index is -2.23. The molecule has 0 aliphatic carbocycles. The molecule has 1 N–H and O–H groups in total. The molecule has 2 aliphatic heterocycles. The van der Waals surface area contributed by atoms with Gasteiger partial charge in [0, 0.05) is 6.04 Å². The topological polar surface area (TPSA) is 155 Å². The Bertz CT molecular complexity index is 1120. The van der Waals surface area contributed by atoms with Crippen molar-refractivity contribution in [3.63, 3.8) is 0 Å². The van der Waals surface area contributed by atoms with Gasteiger partial charge in [0.1, 0.15) is 5.70 Å². The summed E-state index contributed by atoms with van der Waals surface area (Å²) in [5.41, 5.74) is -2.02. The van der Waals surface area contributed by atoms with Crippen molar-refractivity contribution in [3.05, 3.63) is 47.7 Å². The number of esters is 4. The molecule has 0 aromatic heterocycles. The molecule has 0 radical (unpaired) electrons. The number of carbonyl (C=O) groups is 6. The first-order valence-electron chi connectivity index (χ1n) is 10.9. The molecule has 36 heavy (non-hydrogen) atoms. The van der Waals surface area contributed by atoms with Gasteiger partial charge in [0.05, 0.1) is 52.8 Å². The first-order valence-corrected chi connectivity index (χ1v) is 10.9. The van der Waals surface area contributed by atoms with Gasteiger partial charge in [-0.25, -0.2) is 14.4 Å². The lowest BCUT2D eigenvalue weighted by molar-refractivity contribution is -0.165. The molecule has 2 saturated heterocycles. The van der Waals surface area contributed by atoms with E-state index >= 15 is 0 Å². The van der Waals surface area contributed by atoms with E-state index in [0.29, 0.717) is 5.56 Å². The molecule has 0 spiro atoms. The molecular formula is C24H26N2O10. The highest BCUT2D eigenvalue weighted by molar-refractivity contribution is 6.11. The van der Waals surface area contributed by atoms with E-state index in [1.54, 1.807) is 30.3 Å². The molecule has 4 atom stereocenters. The van der Waals surface area contributed by atoms with Gasteiger partial charge in [0.2, 0.25) is 11.8 Å². The number of fused-ring (bicyclic) bond motifs is 1. The van der Waals surface area contributed by atoms with E-state index in [1.165, 1.54) is 0 Å². The highest BCUT2D eigenvalue weighted by Crippen LogP contribution is 2.52. The third kappa shape index (κ3) is 4.41. The molecule has 2 amide bonds. The summed E-state index contributed by atoms with van der Waals surface area (Å²) in [5.74, 6) is -8.20. The summed E-state index contributed by atoms with van der Waals surface area (Å²) in [4.78, 5) is 78.7. The van der Waals surface area contributed by atoms with Crippen molar-refractivity contribution < 1.29 is 47.7 Å². The van der Waals surface area contributed by atoms with E-state index < -0.39 is 71.2 Å². The van der Waals surface area contributed by atoms with E-state index in [2.05, 4.69) is 10.1 Å². The van der Waals surface area contributed by atoms with E-state index in [4.69, 9.17) is 14.2 Å². The number of methoxy groups -OCH3 is 4. The summed E-state index contributed by atoms with van der Waals surface area (Å²) < 4.78 is 19.4. The van der Waals surface area contributed by atoms with Crippen LogP contribution in [0.2, 0.25) is 0 Å². The van der Waals surface area contributed by atoms with Crippen molar-refractivity contribution in [3.8, 4) is 0 Å². The number of imide groups is 1. The van der Waals surface area contributed by atoms with Crippen LogP contribution in [0.15, 0.2) is 42.1 Å². The van der Waals surface area contributed by atoms with Crippen LogP contribution in [-0.2, 0) is 54.1 Å². The second-order valence-corrected chi connectivity index (χ2v) is 8.20. The summed E-state index contributed by atoms with van der Waals surface area (Å²) in [7, 11) is 4.24. The quantitative estimate of drug-likeness (QED) is 0.212. The molecule has 12 heteroatoms. The predicted molar refractivity (Wildman–Crippen MR) is 119 cm³/mol. The van der Waals surface area contributed by atoms with Gasteiger partial charge < -0.3 is 23.8 Å². The summed E-state index contributed by atoms with van der Waals surface area (Å²) in [5, 5.41) is 2.22. The second kappa shape index (κ2) is 10.6. The van der Waals surface area contributed by atoms with E-state index in [1.807, 2.05) is 0 Å². The van der Waals surface area contributed by atoms with Crippen LogP contribution in [0, 0.1) is 11.8 Å². The molecule has 1 aromatic carbocycles. The molecular weight excluding hydrogens is 476 g/mol. The van der Waals surface area contributed by atoms with Gasteiger partial charge in [-0.05, 0) is 12.0 Å². The second-order valence-electron chi connectivity index (χ2n) is 8.20. The number of rotatable bonds is 8. The van der Waals surface area contributed by atoms with Crippen LogP contribution >= 0.6 is 0 Å². The Morgan fingerprint density at radius 1 is 0.944 bits per heavy atom. The number of hydrogen-bond donors (Lipinski definition) is 1. The maximum atomic E-state index is 13.5. The van der Waals surface area contributed by atoms with Gasteiger partial charge in [-0.2, -0.15) is 0 Å². The predicted octanol–water partition coefficient (Wildman–Crippen LogP) is -0.493. The van der Waals surface area contributed by atoms with Crippen molar-refractivity contribution in [2.24, 2.45) is 11.8 Å². The molecule has 192 valence electrons. The number of likely N-dealkylation sites (tertiary alicyclic amines) is 1. The van der Waals surface area contributed by atoms with Crippen molar-refractivity contribution >= 4 is 35.7 Å². The van der Waals surface area contributed by atoms with Crippen LogP contribution in [-0.4, -0.2) is 80.6 Å². The fraction of sp³-hybridized carbons (Fsp3) is 0.417. The first-order chi connectivity index (χ1) is 17.2. The molecule has 3 rings (SSSR count). The van der Waals surface area contributed by atoms with Gasteiger partial charge in [0.25, 0.3) is 0 Å². The molecule has 1 aromatic rings. The number of nitrogens with one attached hydrogen (secondary N) is 1. The number of hydrogen-bond acceptors (Lipinski definition) is 11. The molecule has 2 fully saturated rings. The lowest BCUT2D eigenvalue weighted by Crippen LogP contribution is -2.60. The number of benzene rings is 1. The van der Waals surface area contributed by atoms with Crippen molar-refractivity contribution in [1.29, 1.82) is 0 Å². The summed E-state index contributed by atoms with van der Waals surface area (Å²) in [6, 6.07) is 7.73. The van der Waals surface area contributed by atoms with Gasteiger partial charge in [0.15, 0.2) is 5.54 Å².